The number of hydrogen-bond donors (Lipinski definition) is 2. The normalized spacial score (nSPS) is 12.2. The zero-order valence-electron chi connectivity index (χ0n) is 6.09. The fourth-order valence-corrected chi connectivity index (χ4v) is 0.501. The van der Waals surface area contributed by atoms with Crippen molar-refractivity contribution in [2.24, 2.45) is 11.7 Å². The number of carbonyl (C=O) groups excluding carboxylic acids is 1. The molecule has 4 heteroatoms. The number of amides is 2. The highest BCUT2D eigenvalue weighted by Gasteiger charge is 2.12. The summed E-state index contributed by atoms with van der Waals surface area (Å²) in [5.41, 5.74) is 4.81. The first kappa shape index (κ1) is 8.76. The fourth-order valence-electron chi connectivity index (χ4n) is 0.501. The first-order valence-electron chi connectivity index (χ1n) is 3.03. The van der Waals surface area contributed by atoms with E-state index >= 15 is 0 Å². The van der Waals surface area contributed by atoms with Crippen molar-refractivity contribution in [1.82, 2.24) is 5.32 Å². The van der Waals surface area contributed by atoms with Gasteiger partial charge in [-0.15, -0.1) is 0 Å². The van der Waals surface area contributed by atoms with E-state index in [1.807, 2.05) is 19.9 Å². The first-order valence-corrected chi connectivity index (χ1v) is 3.03. The number of nitriles is 1. The molecule has 0 aromatic rings. The molecule has 0 rings (SSSR count). The maximum absolute atomic E-state index is 10.2. The van der Waals surface area contributed by atoms with Crippen LogP contribution in [-0.2, 0) is 0 Å². The minimum absolute atomic E-state index is 0.0949. The Hall–Kier alpha value is -1.24. The molecule has 0 saturated carbocycles. The second-order valence-corrected chi connectivity index (χ2v) is 2.36. The number of nitrogens with one attached hydrogen (secondary N) is 1. The summed E-state index contributed by atoms with van der Waals surface area (Å²) in [6.07, 6.45) is 0. The van der Waals surface area contributed by atoms with E-state index in [0.29, 0.717) is 0 Å². The molecule has 0 heterocycles. The topological polar surface area (TPSA) is 78.9 Å². The molecule has 0 aromatic heterocycles. The molecule has 0 unspecified atom stereocenters. The molecule has 1 atom stereocenters. The lowest BCUT2D eigenvalue weighted by molar-refractivity contribution is 0.245. The number of nitrogens with zero attached hydrogens (tertiary/aromatic N) is 1. The predicted molar refractivity (Wildman–Crippen MR) is 37.0 cm³/mol. The summed E-state index contributed by atoms with van der Waals surface area (Å²) in [7, 11) is 0. The van der Waals surface area contributed by atoms with Crippen LogP contribution in [0.25, 0.3) is 0 Å². The number of rotatable bonds is 2. The van der Waals surface area contributed by atoms with Crippen molar-refractivity contribution in [3.05, 3.63) is 0 Å². The van der Waals surface area contributed by atoms with Gasteiger partial charge in [-0.1, -0.05) is 13.8 Å². The van der Waals surface area contributed by atoms with Crippen LogP contribution < -0.4 is 11.1 Å². The minimum Gasteiger partial charge on any atom is -0.352 e. The van der Waals surface area contributed by atoms with Crippen molar-refractivity contribution in [3.63, 3.8) is 0 Å². The molecule has 0 aromatic carbocycles. The molecule has 0 bridgehead atoms. The predicted octanol–water partition coefficient (Wildman–Crippen LogP) is 0.203. The number of urea groups is 1. The van der Waals surface area contributed by atoms with Crippen LogP contribution in [0.3, 0.4) is 0 Å². The van der Waals surface area contributed by atoms with E-state index < -0.39 is 12.1 Å². The van der Waals surface area contributed by atoms with Gasteiger partial charge < -0.3 is 11.1 Å². The number of nitrogens with two attached hydrogens (primary N) is 1. The molecule has 4 nitrogen and oxygen atoms in total. The van der Waals surface area contributed by atoms with Gasteiger partial charge >= 0.3 is 6.03 Å². The fraction of sp³-hybridized carbons (Fsp3) is 0.667. The van der Waals surface area contributed by atoms with E-state index in [4.69, 9.17) is 11.0 Å². The standard InChI is InChI=1S/C6H11N3O/c1-4(2)5(3-7)9-6(8)10/h4-5H,1-2H3,(H3,8,9,10)/t5-/m1/s1. The van der Waals surface area contributed by atoms with Crippen LogP contribution >= 0.6 is 0 Å². The Labute approximate surface area is 60.0 Å². The summed E-state index contributed by atoms with van der Waals surface area (Å²) in [6.45, 7) is 3.67. The second-order valence-electron chi connectivity index (χ2n) is 2.36. The Morgan fingerprint density at radius 1 is 1.70 bits per heavy atom. The van der Waals surface area contributed by atoms with E-state index in [2.05, 4.69) is 5.32 Å². The zero-order valence-corrected chi connectivity index (χ0v) is 6.09. The van der Waals surface area contributed by atoms with Crippen LogP contribution in [0.4, 0.5) is 4.79 Å². The van der Waals surface area contributed by atoms with Crippen molar-refractivity contribution in [2.75, 3.05) is 0 Å². The van der Waals surface area contributed by atoms with E-state index in [1.165, 1.54) is 0 Å². The summed E-state index contributed by atoms with van der Waals surface area (Å²) in [5, 5.41) is 10.7. The van der Waals surface area contributed by atoms with Crippen LogP contribution in [-0.4, -0.2) is 12.1 Å². The van der Waals surface area contributed by atoms with Crippen LogP contribution in [0, 0.1) is 17.2 Å². The van der Waals surface area contributed by atoms with Gasteiger partial charge in [-0.2, -0.15) is 5.26 Å². The molecule has 0 aliphatic heterocycles. The van der Waals surface area contributed by atoms with Gasteiger partial charge in [0, 0.05) is 0 Å². The highest BCUT2D eigenvalue weighted by atomic mass is 16.2. The lowest BCUT2D eigenvalue weighted by atomic mass is 10.1. The lowest BCUT2D eigenvalue weighted by Gasteiger charge is -2.11. The van der Waals surface area contributed by atoms with Gasteiger partial charge in [0.05, 0.1) is 6.07 Å². The summed E-state index contributed by atoms with van der Waals surface area (Å²) in [5.74, 6) is 0.0949. The zero-order chi connectivity index (χ0) is 8.15. The summed E-state index contributed by atoms with van der Waals surface area (Å²) in [4.78, 5) is 10.2. The Bertz CT molecular complexity index is 159. The Balaban J connectivity index is 3.87. The van der Waals surface area contributed by atoms with Gasteiger partial charge in [0.1, 0.15) is 6.04 Å². The highest BCUT2D eigenvalue weighted by Crippen LogP contribution is 1.98. The minimum atomic E-state index is -0.653. The average molecular weight is 141 g/mol. The molecule has 0 spiro atoms. The van der Waals surface area contributed by atoms with Crippen molar-refractivity contribution in [3.8, 4) is 6.07 Å². The monoisotopic (exact) mass is 141 g/mol. The van der Waals surface area contributed by atoms with Crippen LogP contribution in [0.5, 0.6) is 0 Å². The largest absolute Gasteiger partial charge is 0.352 e. The van der Waals surface area contributed by atoms with Gasteiger partial charge in [0.2, 0.25) is 0 Å². The Morgan fingerprint density at radius 2 is 2.20 bits per heavy atom. The van der Waals surface area contributed by atoms with E-state index in [0.717, 1.165) is 0 Å². The second kappa shape index (κ2) is 3.72. The molecular weight excluding hydrogens is 130 g/mol. The van der Waals surface area contributed by atoms with Crippen molar-refractivity contribution >= 4 is 6.03 Å². The molecule has 0 radical (unpaired) electrons. The number of hydrogen-bond acceptors (Lipinski definition) is 2. The third-order valence-corrected chi connectivity index (χ3v) is 1.10. The summed E-state index contributed by atoms with van der Waals surface area (Å²) >= 11 is 0. The van der Waals surface area contributed by atoms with Crippen LogP contribution in [0.15, 0.2) is 0 Å². The third-order valence-electron chi connectivity index (χ3n) is 1.10. The number of primary amides is 1. The van der Waals surface area contributed by atoms with Gasteiger partial charge in [-0.3, -0.25) is 0 Å². The third kappa shape index (κ3) is 2.92. The van der Waals surface area contributed by atoms with Gasteiger partial charge in [0.25, 0.3) is 0 Å². The SMILES string of the molecule is CC(C)[C@@H](C#N)NC(N)=O. The number of carbonyl (C=O) groups is 1. The molecule has 3 N–H and O–H groups in total. The quantitative estimate of drug-likeness (QED) is 0.576. The van der Waals surface area contributed by atoms with Crippen molar-refractivity contribution in [2.45, 2.75) is 19.9 Å². The smallest absolute Gasteiger partial charge is 0.313 e. The molecular formula is C6H11N3O. The average Bonchev–Trinajstić information content (AvgIpc) is 1.81. The molecule has 56 valence electrons. The molecule has 2 amide bonds. The first-order chi connectivity index (χ1) is 4.57. The lowest BCUT2D eigenvalue weighted by Crippen LogP contribution is -2.40. The molecule has 0 aliphatic rings. The molecule has 10 heavy (non-hydrogen) atoms. The summed E-state index contributed by atoms with van der Waals surface area (Å²) < 4.78 is 0. The Kier molecular flexibility index (Phi) is 3.26. The molecule has 0 fully saturated rings. The summed E-state index contributed by atoms with van der Waals surface area (Å²) in [6, 6.07) is 0.794. The van der Waals surface area contributed by atoms with Crippen molar-refractivity contribution < 1.29 is 4.79 Å². The van der Waals surface area contributed by atoms with E-state index in [1.54, 1.807) is 0 Å². The van der Waals surface area contributed by atoms with Gasteiger partial charge in [-0.05, 0) is 5.92 Å². The van der Waals surface area contributed by atoms with Crippen molar-refractivity contribution in [1.29, 1.82) is 5.26 Å². The molecule has 0 saturated heterocycles. The highest BCUT2D eigenvalue weighted by molar-refractivity contribution is 5.72. The molecule has 0 aliphatic carbocycles. The van der Waals surface area contributed by atoms with Gasteiger partial charge in [0.15, 0.2) is 0 Å². The van der Waals surface area contributed by atoms with Gasteiger partial charge in [-0.25, -0.2) is 4.79 Å². The maximum atomic E-state index is 10.2. The van der Waals surface area contributed by atoms with E-state index in [-0.39, 0.29) is 5.92 Å². The van der Waals surface area contributed by atoms with E-state index in [9.17, 15) is 4.79 Å². The van der Waals surface area contributed by atoms with Crippen LogP contribution in [0.2, 0.25) is 0 Å². The van der Waals surface area contributed by atoms with Crippen LogP contribution in [0.1, 0.15) is 13.8 Å². The maximum Gasteiger partial charge on any atom is 0.313 e. The Morgan fingerprint density at radius 3 is 2.30 bits per heavy atom.